The van der Waals surface area contributed by atoms with E-state index in [0.717, 1.165) is 38.5 Å². The first-order chi connectivity index (χ1) is 7.46. The zero-order chi connectivity index (χ0) is 11.6. The minimum Gasteiger partial charge on any atom is -0.311 e. The molecule has 6 aliphatic rings. The van der Waals surface area contributed by atoms with Crippen LogP contribution in [0.3, 0.4) is 0 Å². The van der Waals surface area contributed by atoms with E-state index in [-0.39, 0.29) is 81.5 Å². The van der Waals surface area contributed by atoms with Gasteiger partial charge in [0.05, 0.1) is 0 Å². The molecule has 0 atom stereocenters. The van der Waals surface area contributed by atoms with E-state index in [0.29, 0.717) is 5.78 Å². The average Bonchev–Trinajstić information content (AvgIpc) is 1.66. The average molecular weight is 417 g/mol. The summed E-state index contributed by atoms with van der Waals surface area (Å²) < 4.78 is 0. The Morgan fingerprint density at radius 2 is 1.22 bits per heavy atom. The number of Topliss-reactive ketones (excluding diaryl/α,β-unsaturated/α-hetero) is 1. The molecule has 0 aliphatic heterocycles. The summed E-state index contributed by atoms with van der Waals surface area (Å²) >= 11 is 5.31. The molecule has 0 unspecified atom stereocenters. The molecule has 0 aromatic carbocycles. The number of rotatable bonds is 2. The van der Waals surface area contributed by atoms with Crippen LogP contribution in [0.5, 0.6) is 0 Å². The molecule has 2 nitrogen and oxygen atoms in total. The Labute approximate surface area is 163 Å². The molecule has 6 rings (SSSR count). The second-order valence-corrected chi connectivity index (χ2v) is 6.29. The maximum atomic E-state index is 10.8. The van der Waals surface area contributed by atoms with E-state index in [4.69, 9.17) is 11.6 Å². The summed E-state index contributed by atoms with van der Waals surface area (Å²) in [5.41, 5.74) is 0.145. The van der Waals surface area contributed by atoms with Gasteiger partial charge in [-0.2, -0.15) is 38.5 Å². The van der Waals surface area contributed by atoms with Crippen LogP contribution in [-0.4, -0.2) is 11.0 Å². The van der Waals surface area contributed by atoms with Gasteiger partial charge in [0.15, 0.2) is 0 Å². The van der Waals surface area contributed by atoms with Crippen molar-refractivity contribution in [3.05, 3.63) is 11.8 Å². The van der Waals surface area contributed by atoms with Crippen LogP contribution in [0.2, 0.25) is 0 Å². The molecular formula is C13H15ClO2Y2-2. The van der Waals surface area contributed by atoms with Crippen molar-refractivity contribution < 1.29 is 75.0 Å². The Bertz CT molecular complexity index is 313. The summed E-state index contributed by atoms with van der Waals surface area (Å²) in [4.78, 5) is 21.3. The third kappa shape index (κ3) is 2.63. The van der Waals surface area contributed by atoms with Crippen LogP contribution in [0.15, 0.2) is 0 Å². The van der Waals surface area contributed by atoms with Gasteiger partial charge in [0, 0.05) is 65.4 Å². The Balaban J connectivity index is 0.000000162. The van der Waals surface area contributed by atoms with Gasteiger partial charge < -0.3 is 11.8 Å². The van der Waals surface area contributed by atoms with Crippen LogP contribution in [0.25, 0.3) is 0 Å². The van der Waals surface area contributed by atoms with Crippen molar-refractivity contribution in [1.29, 1.82) is 0 Å². The number of hydrogen-bond donors (Lipinski definition) is 0. The molecule has 2 radical (unpaired) electrons. The smallest absolute Gasteiger partial charge is 0.220 e. The minimum absolute atomic E-state index is 0. The molecule has 6 aliphatic carbocycles. The van der Waals surface area contributed by atoms with Crippen LogP contribution in [0, 0.1) is 22.7 Å². The molecule has 0 amide bonds. The topological polar surface area (TPSA) is 34.1 Å². The SMILES string of the molecule is CC(=O)C12C[C-](C1)C2.O=C(Cl)C12C[C-](C1)C2.[Y].[Y]. The van der Waals surface area contributed by atoms with E-state index < -0.39 is 0 Å². The molecule has 6 saturated carbocycles. The monoisotopic (exact) mass is 416 g/mol. The third-order valence-corrected chi connectivity index (χ3v) is 5.10. The van der Waals surface area contributed by atoms with Crippen molar-refractivity contribution in [2.75, 3.05) is 0 Å². The molecule has 5 heteroatoms. The van der Waals surface area contributed by atoms with Crippen LogP contribution >= 0.6 is 11.6 Å². The minimum atomic E-state index is -0.118. The van der Waals surface area contributed by atoms with Gasteiger partial charge in [-0.05, 0) is 23.9 Å². The summed E-state index contributed by atoms with van der Waals surface area (Å²) in [7, 11) is 0. The Morgan fingerprint density at radius 1 is 0.889 bits per heavy atom. The first-order valence-electron chi connectivity index (χ1n) is 5.84. The third-order valence-electron chi connectivity index (χ3n) is 4.69. The Hall–Kier alpha value is 1.84. The zero-order valence-corrected chi connectivity index (χ0v) is 17.0. The van der Waals surface area contributed by atoms with E-state index in [1.54, 1.807) is 12.8 Å². The molecule has 0 aromatic heterocycles. The predicted molar refractivity (Wildman–Crippen MR) is 60.6 cm³/mol. The van der Waals surface area contributed by atoms with Gasteiger partial charge in [0.2, 0.25) is 5.24 Å². The first kappa shape index (κ1) is 17.9. The molecule has 0 heterocycles. The first-order valence-corrected chi connectivity index (χ1v) is 6.22. The number of carbonyl (C=O) groups is 2. The molecule has 6 fully saturated rings. The summed E-state index contributed by atoms with van der Waals surface area (Å²) in [6, 6.07) is 0. The fraction of sp³-hybridized carbons (Fsp3) is 0.692. The standard InChI is InChI=1S/C7H9O.C6H6ClO.2Y/c1-5(8)7-2-6(3-7)4-7;7-5(8)6-1-4(2-6)3-6;;/h2-4H2,1H3;1-3H2;;/q2*-1;;. The van der Waals surface area contributed by atoms with Gasteiger partial charge in [0.25, 0.3) is 0 Å². The Morgan fingerprint density at radius 3 is 1.22 bits per heavy atom. The zero-order valence-electron chi connectivity index (χ0n) is 10.6. The molecule has 0 aromatic rings. The van der Waals surface area contributed by atoms with E-state index in [1.807, 2.05) is 0 Å². The normalized spacial score (nSPS) is 27.2. The molecule has 0 saturated heterocycles. The van der Waals surface area contributed by atoms with E-state index in [2.05, 4.69) is 0 Å². The predicted octanol–water partition coefficient (Wildman–Crippen LogP) is 2.84. The van der Waals surface area contributed by atoms with Gasteiger partial charge in [-0.15, -0.1) is 0 Å². The molecule has 18 heavy (non-hydrogen) atoms. The molecule has 4 bridgehead atoms. The van der Waals surface area contributed by atoms with Crippen molar-refractivity contribution in [1.82, 2.24) is 0 Å². The largest absolute Gasteiger partial charge is 0.311 e. The van der Waals surface area contributed by atoms with Crippen molar-refractivity contribution in [3.63, 3.8) is 0 Å². The van der Waals surface area contributed by atoms with Gasteiger partial charge in [-0.1, -0.05) is 5.41 Å². The van der Waals surface area contributed by atoms with Crippen molar-refractivity contribution in [2.45, 2.75) is 45.4 Å². The Kier molecular flexibility index (Phi) is 5.88. The van der Waals surface area contributed by atoms with Crippen LogP contribution < -0.4 is 0 Å². The number of hydrogen-bond acceptors (Lipinski definition) is 2. The fourth-order valence-corrected chi connectivity index (χ4v) is 3.34. The van der Waals surface area contributed by atoms with Gasteiger partial charge in [-0.3, -0.25) is 9.59 Å². The molecule has 0 N–H and O–H groups in total. The second kappa shape index (κ2) is 5.91. The summed E-state index contributed by atoms with van der Waals surface area (Å²) in [6.07, 6.45) is 6.37. The van der Waals surface area contributed by atoms with Crippen LogP contribution in [-0.2, 0) is 75.0 Å². The molecule has 94 valence electrons. The van der Waals surface area contributed by atoms with Gasteiger partial charge in [0.1, 0.15) is 5.78 Å². The molecule has 0 spiro atoms. The van der Waals surface area contributed by atoms with E-state index in [1.165, 1.54) is 5.92 Å². The number of halogens is 1. The van der Waals surface area contributed by atoms with Gasteiger partial charge >= 0.3 is 0 Å². The maximum Gasteiger partial charge on any atom is 0.220 e. The van der Waals surface area contributed by atoms with Gasteiger partial charge in [-0.25, -0.2) is 0 Å². The van der Waals surface area contributed by atoms with Crippen LogP contribution in [0.1, 0.15) is 45.4 Å². The van der Waals surface area contributed by atoms with Crippen molar-refractivity contribution >= 4 is 22.6 Å². The van der Waals surface area contributed by atoms with E-state index >= 15 is 0 Å². The second-order valence-electron chi connectivity index (χ2n) is 5.95. The molecular weight excluding hydrogens is 401 g/mol. The summed E-state index contributed by atoms with van der Waals surface area (Å²) in [5.74, 6) is 3.55. The van der Waals surface area contributed by atoms with Crippen molar-refractivity contribution in [3.8, 4) is 0 Å². The van der Waals surface area contributed by atoms with Crippen LogP contribution in [0.4, 0.5) is 0 Å². The maximum absolute atomic E-state index is 10.8. The van der Waals surface area contributed by atoms with Crippen molar-refractivity contribution in [2.24, 2.45) is 10.8 Å². The quantitative estimate of drug-likeness (QED) is 0.513. The van der Waals surface area contributed by atoms with E-state index in [9.17, 15) is 9.59 Å². The number of carbonyl (C=O) groups excluding carboxylic acids is 2. The summed E-state index contributed by atoms with van der Waals surface area (Å²) in [5, 5.41) is -0.118. The number of ketones is 1. The fourth-order valence-electron chi connectivity index (χ4n) is 3.14. The summed E-state index contributed by atoms with van der Waals surface area (Å²) in [6.45, 7) is 1.72.